The predicted molar refractivity (Wildman–Crippen MR) is 92.2 cm³/mol. The molecule has 1 aromatic carbocycles. The number of rotatable bonds is 6. The molecule has 0 bridgehead atoms. The van der Waals surface area contributed by atoms with Crippen LogP contribution in [0.5, 0.6) is 0 Å². The van der Waals surface area contributed by atoms with Crippen LogP contribution in [0.15, 0.2) is 24.3 Å². The minimum atomic E-state index is -3.57. The van der Waals surface area contributed by atoms with Gasteiger partial charge in [0.25, 0.3) is 0 Å². The number of sulfonamides is 1. The fourth-order valence-electron chi connectivity index (χ4n) is 3.00. The van der Waals surface area contributed by atoms with Gasteiger partial charge in [-0.1, -0.05) is 26.0 Å². The first-order valence-corrected chi connectivity index (χ1v) is 11.4. The summed E-state index contributed by atoms with van der Waals surface area (Å²) in [6.07, 6.45) is 0.634. The van der Waals surface area contributed by atoms with Gasteiger partial charge < -0.3 is 0 Å². The molecular formula is C16H24FNO4S2. The van der Waals surface area contributed by atoms with Crippen LogP contribution in [0, 0.1) is 11.7 Å². The summed E-state index contributed by atoms with van der Waals surface area (Å²) in [5, 5.41) is -0.472. The third-order valence-corrected chi connectivity index (χ3v) is 8.57. The first kappa shape index (κ1) is 19.3. The maximum absolute atomic E-state index is 13.2. The van der Waals surface area contributed by atoms with Crippen molar-refractivity contribution in [2.75, 3.05) is 18.8 Å². The summed E-state index contributed by atoms with van der Waals surface area (Å²) in [6.45, 7) is 4.10. The molecule has 1 aromatic rings. The molecule has 0 aliphatic carbocycles. The second-order valence-corrected chi connectivity index (χ2v) is 11.0. The summed E-state index contributed by atoms with van der Waals surface area (Å²) < 4.78 is 64.0. The second kappa shape index (κ2) is 7.49. The van der Waals surface area contributed by atoms with Gasteiger partial charge in [0.1, 0.15) is 5.82 Å². The highest BCUT2D eigenvalue weighted by Crippen LogP contribution is 2.23. The topological polar surface area (TPSA) is 71.5 Å². The monoisotopic (exact) mass is 377 g/mol. The number of nitrogens with zero attached hydrogens (tertiary/aromatic N) is 1. The lowest BCUT2D eigenvalue weighted by molar-refractivity contribution is 0.344. The molecule has 136 valence electrons. The van der Waals surface area contributed by atoms with Crippen LogP contribution in [0.2, 0.25) is 0 Å². The van der Waals surface area contributed by atoms with E-state index in [4.69, 9.17) is 0 Å². The minimum absolute atomic E-state index is 0.0599. The molecule has 0 atom stereocenters. The van der Waals surface area contributed by atoms with Crippen molar-refractivity contribution in [1.82, 2.24) is 4.31 Å². The van der Waals surface area contributed by atoms with Gasteiger partial charge in [0, 0.05) is 13.1 Å². The molecule has 1 saturated heterocycles. The normalized spacial score (nSPS) is 18.2. The van der Waals surface area contributed by atoms with E-state index in [1.165, 1.54) is 22.5 Å². The molecule has 0 aromatic heterocycles. The maximum atomic E-state index is 13.2. The Balaban J connectivity index is 2.00. The molecular weight excluding hydrogens is 353 g/mol. The first-order chi connectivity index (χ1) is 11.1. The molecule has 0 unspecified atom stereocenters. The fraction of sp³-hybridized carbons (Fsp3) is 0.625. The van der Waals surface area contributed by atoms with E-state index in [0.29, 0.717) is 18.4 Å². The lowest BCUT2D eigenvalue weighted by atomic mass is 10.2. The Hall–Kier alpha value is -0.990. The van der Waals surface area contributed by atoms with Crippen LogP contribution in [0.3, 0.4) is 0 Å². The van der Waals surface area contributed by atoms with Crippen LogP contribution < -0.4 is 0 Å². The Morgan fingerprint density at radius 3 is 2.33 bits per heavy atom. The van der Waals surface area contributed by atoms with Crippen molar-refractivity contribution in [3.63, 3.8) is 0 Å². The minimum Gasteiger partial charge on any atom is -0.229 e. The number of benzene rings is 1. The molecule has 0 spiro atoms. The SMILES string of the molecule is CC(C)CS(=O)(=O)C1CCN(S(=O)(=O)Cc2cccc(F)c2)CC1. The molecule has 1 fully saturated rings. The molecule has 5 nitrogen and oxygen atoms in total. The zero-order valence-electron chi connectivity index (χ0n) is 14.0. The van der Waals surface area contributed by atoms with E-state index in [1.807, 2.05) is 13.8 Å². The zero-order chi connectivity index (χ0) is 18.0. The third-order valence-electron chi connectivity index (χ3n) is 4.11. The fourth-order valence-corrected chi connectivity index (χ4v) is 6.68. The van der Waals surface area contributed by atoms with Crippen LogP contribution in [-0.4, -0.2) is 45.2 Å². The number of sulfone groups is 1. The van der Waals surface area contributed by atoms with E-state index >= 15 is 0 Å². The molecule has 1 aliphatic rings. The van der Waals surface area contributed by atoms with Gasteiger partial charge in [-0.2, -0.15) is 0 Å². The van der Waals surface area contributed by atoms with E-state index in [0.717, 1.165) is 0 Å². The Labute approximate surface area is 143 Å². The molecule has 0 radical (unpaired) electrons. The van der Waals surface area contributed by atoms with Crippen molar-refractivity contribution in [1.29, 1.82) is 0 Å². The van der Waals surface area contributed by atoms with Crippen LogP contribution >= 0.6 is 0 Å². The van der Waals surface area contributed by atoms with Gasteiger partial charge in [0.15, 0.2) is 9.84 Å². The van der Waals surface area contributed by atoms with Gasteiger partial charge in [-0.05, 0) is 36.5 Å². The molecule has 2 rings (SSSR count). The second-order valence-electron chi connectivity index (χ2n) is 6.71. The highest BCUT2D eigenvalue weighted by atomic mass is 32.2. The lowest BCUT2D eigenvalue weighted by Crippen LogP contribution is -2.43. The Kier molecular flexibility index (Phi) is 6.04. The van der Waals surface area contributed by atoms with Gasteiger partial charge in [-0.25, -0.2) is 25.5 Å². The summed E-state index contributed by atoms with van der Waals surface area (Å²) >= 11 is 0. The first-order valence-electron chi connectivity index (χ1n) is 8.04. The summed E-state index contributed by atoms with van der Waals surface area (Å²) in [5.74, 6) is -0.548. The van der Waals surface area contributed by atoms with E-state index in [1.54, 1.807) is 6.07 Å². The lowest BCUT2D eigenvalue weighted by Gasteiger charge is -2.31. The Morgan fingerprint density at radius 2 is 1.79 bits per heavy atom. The standard InChI is InChI=1S/C16H24FNO4S2/c1-13(2)11-23(19,20)16-6-8-18(9-7-16)24(21,22)12-14-4-3-5-15(17)10-14/h3-5,10,13,16H,6-9,11-12H2,1-2H3. The number of halogens is 1. The Morgan fingerprint density at radius 1 is 1.17 bits per heavy atom. The van der Waals surface area contributed by atoms with Crippen molar-refractivity contribution in [3.8, 4) is 0 Å². The van der Waals surface area contributed by atoms with Gasteiger partial charge in [0.2, 0.25) is 10.0 Å². The third kappa shape index (κ3) is 5.00. The van der Waals surface area contributed by atoms with E-state index < -0.39 is 30.9 Å². The summed E-state index contributed by atoms with van der Waals surface area (Å²) in [6, 6.07) is 5.52. The van der Waals surface area contributed by atoms with Crippen molar-refractivity contribution in [2.24, 2.45) is 5.92 Å². The van der Waals surface area contributed by atoms with Crippen molar-refractivity contribution in [2.45, 2.75) is 37.7 Å². The molecule has 24 heavy (non-hydrogen) atoms. The van der Waals surface area contributed by atoms with Crippen LogP contribution in [0.25, 0.3) is 0 Å². The average molecular weight is 378 g/mol. The summed E-state index contributed by atoms with van der Waals surface area (Å²) in [5.41, 5.74) is 0.393. The molecule has 0 amide bonds. The highest BCUT2D eigenvalue weighted by molar-refractivity contribution is 7.92. The highest BCUT2D eigenvalue weighted by Gasteiger charge is 2.34. The average Bonchev–Trinajstić information content (AvgIpc) is 2.45. The van der Waals surface area contributed by atoms with E-state index in [2.05, 4.69) is 0 Å². The smallest absolute Gasteiger partial charge is 0.218 e. The molecule has 1 aliphatic heterocycles. The van der Waals surface area contributed by atoms with Crippen LogP contribution in [-0.2, 0) is 25.6 Å². The maximum Gasteiger partial charge on any atom is 0.218 e. The Bertz CT molecular complexity index is 767. The van der Waals surface area contributed by atoms with Crippen LogP contribution in [0.1, 0.15) is 32.3 Å². The van der Waals surface area contributed by atoms with E-state index in [9.17, 15) is 21.2 Å². The van der Waals surface area contributed by atoms with E-state index in [-0.39, 0.29) is 30.5 Å². The summed E-state index contributed by atoms with van der Waals surface area (Å²) in [7, 11) is -6.76. The van der Waals surface area contributed by atoms with Gasteiger partial charge in [-0.3, -0.25) is 0 Å². The van der Waals surface area contributed by atoms with Crippen molar-refractivity contribution in [3.05, 3.63) is 35.6 Å². The van der Waals surface area contributed by atoms with Crippen molar-refractivity contribution >= 4 is 19.9 Å². The van der Waals surface area contributed by atoms with Gasteiger partial charge in [-0.15, -0.1) is 0 Å². The van der Waals surface area contributed by atoms with Crippen molar-refractivity contribution < 1.29 is 21.2 Å². The molecule has 8 heteroatoms. The number of piperidine rings is 1. The number of hydrogen-bond donors (Lipinski definition) is 0. The summed E-state index contributed by atoms with van der Waals surface area (Å²) in [4.78, 5) is 0. The molecule has 0 saturated carbocycles. The molecule has 0 N–H and O–H groups in total. The largest absolute Gasteiger partial charge is 0.229 e. The van der Waals surface area contributed by atoms with Gasteiger partial charge >= 0.3 is 0 Å². The van der Waals surface area contributed by atoms with Crippen LogP contribution in [0.4, 0.5) is 4.39 Å². The zero-order valence-corrected chi connectivity index (χ0v) is 15.6. The number of hydrogen-bond acceptors (Lipinski definition) is 4. The quantitative estimate of drug-likeness (QED) is 0.762. The molecule has 1 heterocycles. The van der Waals surface area contributed by atoms with Gasteiger partial charge in [0.05, 0.1) is 16.8 Å². The predicted octanol–water partition coefficient (Wildman–Crippen LogP) is 2.19.